The van der Waals surface area contributed by atoms with E-state index in [0.717, 1.165) is 0 Å². The zero-order chi connectivity index (χ0) is 6.69. The monoisotopic (exact) mass is 163 g/mol. The number of H-pyrrole nitrogens is 1. The van der Waals surface area contributed by atoms with E-state index in [2.05, 4.69) is 9.97 Å². The Bertz CT molecular complexity index is 165. The minimum absolute atomic E-state index is 0. The smallest absolute Gasteiger partial charge is 0.125 e. The molecule has 0 spiro atoms. The highest BCUT2D eigenvalue weighted by Crippen LogP contribution is 1.99. The van der Waals surface area contributed by atoms with Gasteiger partial charge in [-0.3, -0.25) is 0 Å². The third-order valence-electron chi connectivity index (χ3n) is 1.07. The molecule has 1 atom stereocenters. The molecular weight excluding hydrogens is 154 g/mol. The summed E-state index contributed by atoms with van der Waals surface area (Å²) in [5, 5.41) is 8.52. The lowest BCUT2D eigenvalue weighted by atomic mass is 10.3. The van der Waals surface area contributed by atoms with Crippen LogP contribution < -0.4 is 5.73 Å². The Balaban J connectivity index is 0.000000810. The van der Waals surface area contributed by atoms with E-state index in [1.54, 1.807) is 12.4 Å². The Hall–Kier alpha value is -0.580. The van der Waals surface area contributed by atoms with Crippen molar-refractivity contribution >= 4 is 12.4 Å². The molecule has 1 aromatic heterocycles. The third-order valence-corrected chi connectivity index (χ3v) is 1.07. The van der Waals surface area contributed by atoms with Crippen LogP contribution in [-0.2, 0) is 0 Å². The van der Waals surface area contributed by atoms with Crippen LogP contribution in [0, 0.1) is 0 Å². The number of aliphatic hydroxyl groups excluding tert-OH is 1. The van der Waals surface area contributed by atoms with Crippen molar-refractivity contribution in [3.8, 4) is 0 Å². The molecular formula is C5H10ClN3O. The van der Waals surface area contributed by atoms with Crippen molar-refractivity contribution in [2.24, 2.45) is 5.73 Å². The zero-order valence-corrected chi connectivity index (χ0v) is 6.14. The van der Waals surface area contributed by atoms with Crippen LogP contribution in [0.5, 0.6) is 0 Å². The summed E-state index contributed by atoms with van der Waals surface area (Å²) < 4.78 is 0. The van der Waals surface area contributed by atoms with E-state index in [9.17, 15) is 0 Å². The molecule has 0 aliphatic carbocycles. The van der Waals surface area contributed by atoms with Gasteiger partial charge in [-0.2, -0.15) is 0 Å². The van der Waals surface area contributed by atoms with Crippen LogP contribution in [0.4, 0.5) is 0 Å². The maximum absolute atomic E-state index is 8.52. The van der Waals surface area contributed by atoms with Crippen molar-refractivity contribution in [2.45, 2.75) is 6.04 Å². The summed E-state index contributed by atoms with van der Waals surface area (Å²) in [6, 6.07) is -0.375. The van der Waals surface area contributed by atoms with Crippen molar-refractivity contribution in [2.75, 3.05) is 6.61 Å². The van der Waals surface area contributed by atoms with E-state index in [1.807, 2.05) is 0 Å². The first-order chi connectivity index (χ1) is 4.34. The zero-order valence-electron chi connectivity index (χ0n) is 5.32. The van der Waals surface area contributed by atoms with Gasteiger partial charge < -0.3 is 15.8 Å². The second-order valence-electron chi connectivity index (χ2n) is 1.76. The average Bonchev–Trinajstić information content (AvgIpc) is 2.37. The number of rotatable bonds is 2. The SMILES string of the molecule is Cl.NC(CO)c1ncc[nH]1. The Morgan fingerprint density at radius 2 is 2.50 bits per heavy atom. The normalized spacial score (nSPS) is 12.2. The molecule has 5 heteroatoms. The molecule has 1 heterocycles. The van der Waals surface area contributed by atoms with Crippen molar-refractivity contribution in [3.05, 3.63) is 18.2 Å². The first-order valence-corrected chi connectivity index (χ1v) is 2.70. The van der Waals surface area contributed by atoms with Gasteiger partial charge in [-0.05, 0) is 0 Å². The lowest BCUT2D eigenvalue weighted by molar-refractivity contribution is 0.264. The van der Waals surface area contributed by atoms with Gasteiger partial charge in [0.15, 0.2) is 0 Å². The molecule has 0 aliphatic rings. The fourth-order valence-electron chi connectivity index (χ4n) is 0.567. The maximum Gasteiger partial charge on any atom is 0.125 e. The molecule has 58 valence electrons. The fourth-order valence-corrected chi connectivity index (χ4v) is 0.567. The van der Waals surface area contributed by atoms with Crippen LogP contribution in [0.2, 0.25) is 0 Å². The van der Waals surface area contributed by atoms with Gasteiger partial charge in [-0.25, -0.2) is 4.98 Å². The molecule has 1 unspecified atom stereocenters. The molecule has 1 aromatic rings. The van der Waals surface area contributed by atoms with Gasteiger partial charge in [0.1, 0.15) is 5.82 Å². The topological polar surface area (TPSA) is 74.9 Å². The minimum Gasteiger partial charge on any atom is -0.394 e. The van der Waals surface area contributed by atoms with E-state index in [-0.39, 0.29) is 25.1 Å². The van der Waals surface area contributed by atoms with Crippen LogP contribution in [0.25, 0.3) is 0 Å². The van der Waals surface area contributed by atoms with E-state index in [1.165, 1.54) is 0 Å². The summed E-state index contributed by atoms with van der Waals surface area (Å²) in [6.07, 6.45) is 3.27. The lowest BCUT2D eigenvalue weighted by Gasteiger charge is -2.01. The first kappa shape index (κ1) is 9.42. The number of aliphatic hydroxyl groups is 1. The standard InChI is InChI=1S/C5H9N3O.ClH/c6-4(3-9)5-7-1-2-8-5;/h1-2,4,9H,3,6H2,(H,7,8);1H. The number of halogens is 1. The molecule has 1 rings (SSSR count). The molecule has 0 bridgehead atoms. The Kier molecular flexibility index (Phi) is 4.02. The van der Waals surface area contributed by atoms with Gasteiger partial charge in [0.2, 0.25) is 0 Å². The molecule has 0 aromatic carbocycles. The van der Waals surface area contributed by atoms with Gasteiger partial charge in [-0.1, -0.05) is 0 Å². The van der Waals surface area contributed by atoms with Gasteiger partial charge in [0.25, 0.3) is 0 Å². The van der Waals surface area contributed by atoms with Crippen LogP contribution in [-0.4, -0.2) is 21.7 Å². The van der Waals surface area contributed by atoms with Crippen LogP contribution in [0.15, 0.2) is 12.4 Å². The number of nitrogens with zero attached hydrogens (tertiary/aromatic N) is 1. The van der Waals surface area contributed by atoms with E-state index in [0.29, 0.717) is 5.82 Å². The number of aromatic nitrogens is 2. The maximum atomic E-state index is 8.52. The molecule has 0 saturated heterocycles. The fraction of sp³-hybridized carbons (Fsp3) is 0.400. The predicted octanol–water partition coefficient (Wildman–Crippen LogP) is -0.176. The number of aromatic amines is 1. The van der Waals surface area contributed by atoms with E-state index in [4.69, 9.17) is 10.8 Å². The number of hydrogen-bond acceptors (Lipinski definition) is 3. The predicted molar refractivity (Wildman–Crippen MR) is 39.8 cm³/mol. The van der Waals surface area contributed by atoms with Crippen LogP contribution in [0.3, 0.4) is 0 Å². The number of nitrogens with one attached hydrogen (secondary N) is 1. The van der Waals surface area contributed by atoms with Gasteiger partial charge in [0.05, 0.1) is 12.6 Å². The minimum atomic E-state index is -0.375. The summed E-state index contributed by atoms with van der Waals surface area (Å²) in [6.45, 7) is -0.0759. The molecule has 0 amide bonds. The average molecular weight is 164 g/mol. The second kappa shape index (κ2) is 4.27. The molecule has 4 N–H and O–H groups in total. The van der Waals surface area contributed by atoms with Gasteiger partial charge >= 0.3 is 0 Å². The Morgan fingerprint density at radius 3 is 2.90 bits per heavy atom. The second-order valence-corrected chi connectivity index (χ2v) is 1.76. The lowest BCUT2D eigenvalue weighted by Crippen LogP contribution is -2.15. The number of imidazole rings is 1. The van der Waals surface area contributed by atoms with E-state index < -0.39 is 0 Å². The Morgan fingerprint density at radius 1 is 1.80 bits per heavy atom. The van der Waals surface area contributed by atoms with Gasteiger partial charge in [0, 0.05) is 12.4 Å². The van der Waals surface area contributed by atoms with Gasteiger partial charge in [-0.15, -0.1) is 12.4 Å². The molecule has 0 aliphatic heterocycles. The highest BCUT2D eigenvalue weighted by atomic mass is 35.5. The van der Waals surface area contributed by atoms with Crippen LogP contribution >= 0.6 is 12.4 Å². The highest BCUT2D eigenvalue weighted by Gasteiger charge is 2.03. The summed E-state index contributed by atoms with van der Waals surface area (Å²) in [5.41, 5.74) is 5.39. The molecule has 0 saturated carbocycles. The highest BCUT2D eigenvalue weighted by molar-refractivity contribution is 5.85. The summed E-state index contributed by atoms with van der Waals surface area (Å²) in [7, 11) is 0. The largest absolute Gasteiger partial charge is 0.394 e. The molecule has 10 heavy (non-hydrogen) atoms. The molecule has 0 radical (unpaired) electrons. The first-order valence-electron chi connectivity index (χ1n) is 2.70. The molecule has 0 fully saturated rings. The molecule has 4 nitrogen and oxygen atoms in total. The Labute approximate surface area is 64.9 Å². The van der Waals surface area contributed by atoms with Crippen molar-refractivity contribution in [1.29, 1.82) is 0 Å². The quantitative estimate of drug-likeness (QED) is 0.567. The van der Waals surface area contributed by atoms with E-state index >= 15 is 0 Å². The number of nitrogens with two attached hydrogens (primary N) is 1. The number of hydrogen-bond donors (Lipinski definition) is 3. The summed E-state index contributed by atoms with van der Waals surface area (Å²) >= 11 is 0. The van der Waals surface area contributed by atoms with Crippen molar-refractivity contribution < 1.29 is 5.11 Å². The summed E-state index contributed by atoms with van der Waals surface area (Å²) in [5.74, 6) is 0.623. The summed E-state index contributed by atoms with van der Waals surface area (Å²) in [4.78, 5) is 6.64. The third kappa shape index (κ3) is 1.98. The van der Waals surface area contributed by atoms with Crippen LogP contribution in [0.1, 0.15) is 11.9 Å². The van der Waals surface area contributed by atoms with Crippen molar-refractivity contribution in [1.82, 2.24) is 9.97 Å². The van der Waals surface area contributed by atoms with Crippen molar-refractivity contribution in [3.63, 3.8) is 0 Å².